The van der Waals surface area contributed by atoms with Crippen LogP contribution in [-0.2, 0) is 23.9 Å². The van der Waals surface area contributed by atoms with Crippen molar-refractivity contribution in [3.63, 3.8) is 0 Å². The summed E-state index contributed by atoms with van der Waals surface area (Å²) in [6.45, 7) is 14.3. The molecule has 34 heavy (non-hydrogen) atoms. The van der Waals surface area contributed by atoms with Crippen molar-refractivity contribution >= 4 is 18.7 Å². The molecule has 7 nitrogen and oxygen atoms in total. The van der Waals surface area contributed by atoms with Gasteiger partial charge in [-0.05, 0) is 51.0 Å². The predicted octanol–water partition coefficient (Wildman–Crippen LogP) is 2.98. The Bertz CT molecular complexity index is 966. The van der Waals surface area contributed by atoms with E-state index in [2.05, 4.69) is 0 Å². The third-order valence-electron chi connectivity index (χ3n) is 10.2. The Balaban J connectivity index is 1.87. The van der Waals surface area contributed by atoms with Crippen LogP contribution in [0.3, 0.4) is 0 Å². The minimum absolute atomic E-state index is 0.110. The second kappa shape index (κ2) is 7.76. The van der Waals surface area contributed by atoms with Crippen molar-refractivity contribution in [1.29, 1.82) is 0 Å². The van der Waals surface area contributed by atoms with Gasteiger partial charge < -0.3 is 19.7 Å². The molecule has 0 aromatic rings. The second-order valence-electron chi connectivity index (χ2n) is 11.9. The zero-order valence-electron chi connectivity index (χ0n) is 21.2. The maximum absolute atomic E-state index is 14.5. The van der Waals surface area contributed by atoms with Crippen molar-refractivity contribution in [2.24, 2.45) is 40.4 Å². The van der Waals surface area contributed by atoms with Crippen LogP contribution in [0.4, 0.5) is 0 Å². The van der Waals surface area contributed by atoms with Crippen LogP contribution in [0.1, 0.15) is 61.3 Å². The average molecular weight is 475 g/mol. The van der Waals surface area contributed by atoms with E-state index in [0.717, 1.165) is 5.57 Å². The van der Waals surface area contributed by atoms with Crippen molar-refractivity contribution in [1.82, 2.24) is 0 Å². The van der Waals surface area contributed by atoms with Gasteiger partial charge in [0.2, 0.25) is 0 Å². The molecule has 0 saturated heterocycles. The third kappa shape index (κ3) is 2.80. The SMILES string of the molecule is CC1=C[C@@H]2C(=O)[C@]3(C=C(C)[C@H](CC(C)C(C)OC=O)[C@@]3(O)[C@@H]1O)[C@H](C)C[C@@]1(OC=O)C2C1(C)C. The van der Waals surface area contributed by atoms with Gasteiger partial charge in [-0.3, -0.25) is 14.4 Å². The lowest BCUT2D eigenvalue weighted by atomic mass is 9.56. The lowest BCUT2D eigenvalue weighted by Crippen LogP contribution is -2.63. The summed E-state index contributed by atoms with van der Waals surface area (Å²) in [7, 11) is 0. The zero-order valence-corrected chi connectivity index (χ0v) is 21.2. The molecule has 0 radical (unpaired) electrons. The number of aliphatic hydroxyl groups excluding tert-OH is 1. The van der Waals surface area contributed by atoms with Gasteiger partial charge in [-0.2, -0.15) is 0 Å². The number of allylic oxidation sites excluding steroid dienone is 1. The molecule has 3 unspecified atom stereocenters. The highest BCUT2D eigenvalue weighted by Gasteiger charge is 2.82. The number of rotatable bonds is 7. The molecule has 0 aromatic heterocycles. The first kappa shape index (κ1) is 25.1. The molecule has 1 spiro atoms. The molecule has 7 heteroatoms. The van der Waals surface area contributed by atoms with E-state index in [0.29, 0.717) is 31.4 Å². The summed E-state index contributed by atoms with van der Waals surface area (Å²) < 4.78 is 10.9. The van der Waals surface area contributed by atoms with Gasteiger partial charge in [-0.15, -0.1) is 0 Å². The number of Topliss-reactive ketones (excluding diaryl/α,β-unsaturated/α-hetero) is 1. The van der Waals surface area contributed by atoms with Gasteiger partial charge in [0.1, 0.15) is 23.4 Å². The van der Waals surface area contributed by atoms with Gasteiger partial charge in [-0.1, -0.05) is 45.4 Å². The summed E-state index contributed by atoms with van der Waals surface area (Å²) in [5.74, 6) is -1.92. The van der Waals surface area contributed by atoms with E-state index < -0.39 is 40.0 Å². The topological polar surface area (TPSA) is 110 Å². The van der Waals surface area contributed by atoms with E-state index in [1.165, 1.54) is 0 Å². The minimum atomic E-state index is -1.76. The highest BCUT2D eigenvalue weighted by molar-refractivity contribution is 5.95. The lowest BCUT2D eigenvalue weighted by molar-refractivity contribution is -0.180. The number of fused-ring (bicyclic) bond motifs is 3. The fourth-order valence-corrected chi connectivity index (χ4v) is 8.11. The Morgan fingerprint density at radius 1 is 1.18 bits per heavy atom. The van der Waals surface area contributed by atoms with E-state index in [1.807, 2.05) is 40.7 Å². The zero-order chi connectivity index (χ0) is 25.4. The summed E-state index contributed by atoms with van der Waals surface area (Å²) in [4.78, 5) is 36.9. The lowest BCUT2D eigenvalue weighted by Gasteiger charge is -2.50. The molecule has 0 amide bonds. The molecule has 2 fully saturated rings. The first-order chi connectivity index (χ1) is 15.8. The molecule has 0 heterocycles. The maximum Gasteiger partial charge on any atom is 0.293 e. The van der Waals surface area contributed by atoms with Crippen molar-refractivity contribution in [2.75, 3.05) is 0 Å². The molecule has 0 aromatic carbocycles. The summed E-state index contributed by atoms with van der Waals surface area (Å²) >= 11 is 0. The first-order valence-corrected chi connectivity index (χ1v) is 12.3. The number of hydrogen-bond donors (Lipinski definition) is 2. The van der Waals surface area contributed by atoms with Gasteiger partial charge in [0.05, 0.1) is 5.41 Å². The van der Waals surface area contributed by atoms with Crippen LogP contribution in [0.25, 0.3) is 0 Å². The van der Waals surface area contributed by atoms with Crippen LogP contribution < -0.4 is 0 Å². The van der Waals surface area contributed by atoms with Crippen LogP contribution in [0.2, 0.25) is 0 Å². The third-order valence-corrected chi connectivity index (χ3v) is 10.2. The van der Waals surface area contributed by atoms with E-state index in [1.54, 1.807) is 19.9 Å². The minimum Gasteiger partial charge on any atom is -0.465 e. The van der Waals surface area contributed by atoms with Crippen LogP contribution in [0.15, 0.2) is 23.3 Å². The summed E-state index contributed by atoms with van der Waals surface area (Å²) in [6.07, 6.45) is 2.93. The van der Waals surface area contributed by atoms with Gasteiger partial charge in [0.25, 0.3) is 12.9 Å². The smallest absolute Gasteiger partial charge is 0.293 e. The molecular weight excluding hydrogens is 436 g/mol. The molecular formula is C27H38O7. The monoisotopic (exact) mass is 474 g/mol. The van der Waals surface area contributed by atoms with Gasteiger partial charge in [0, 0.05) is 23.2 Å². The number of ether oxygens (including phenoxy) is 2. The molecule has 10 atom stereocenters. The van der Waals surface area contributed by atoms with Gasteiger partial charge in [0.15, 0.2) is 5.78 Å². The fourth-order valence-electron chi connectivity index (χ4n) is 8.11. The number of carbonyl (C=O) groups is 3. The number of carbonyl (C=O) groups excluding carboxylic acids is 3. The Labute approximate surface area is 201 Å². The van der Waals surface area contributed by atoms with Crippen molar-refractivity contribution in [3.05, 3.63) is 23.3 Å². The van der Waals surface area contributed by atoms with E-state index in [4.69, 9.17) is 9.47 Å². The molecule has 4 aliphatic rings. The van der Waals surface area contributed by atoms with E-state index in [-0.39, 0.29) is 29.6 Å². The maximum atomic E-state index is 14.5. The summed E-state index contributed by atoms with van der Waals surface area (Å²) in [5, 5.41) is 24.2. The van der Waals surface area contributed by atoms with Crippen LogP contribution in [0, 0.1) is 40.4 Å². The summed E-state index contributed by atoms with van der Waals surface area (Å²) in [6, 6.07) is 0. The largest absolute Gasteiger partial charge is 0.465 e. The predicted molar refractivity (Wildman–Crippen MR) is 124 cm³/mol. The summed E-state index contributed by atoms with van der Waals surface area (Å²) in [5.41, 5.74) is -2.88. The fraction of sp³-hybridized carbons (Fsp3) is 0.741. The second-order valence-corrected chi connectivity index (χ2v) is 11.9. The van der Waals surface area contributed by atoms with Gasteiger partial charge in [-0.25, -0.2) is 0 Å². The molecule has 2 bridgehead atoms. The molecule has 188 valence electrons. The van der Waals surface area contributed by atoms with Gasteiger partial charge >= 0.3 is 0 Å². The standard InChI is InChI=1S/C27H38O7/c1-14(18(5)33-12-28)9-20-16(3)10-25-17(4)11-26(34-13-29)21(24(26,6)7)19(23(25)31)8-15(2)22(30)27(20,25)32/h8,10,12-14,17-22,30,32H,9,11H2,1-7H3/t14?,17-,18?,19+,20+,21?,22-,25+,26-,27-/m1/s1. The Hall–Kier alpha value is -1.99. The normalized spacial score (nSPS) is 45.9. The van der Waals surface area contributed by atoms with Crippen molar-refractivity contribution < 1.29 is 34.1 Å². The molecule has 4 rings (SSSR count). The number of hydrogen-bond acceptors (Lipinski definition) is 7. The van der Waals surface area contributed by atoms with Crippen molar-refractivity contribution in [2.45, 2.75) is 84.7 Å². The van der Waals surface area contributed by atoms with Crippen LogP contribution in [-0.4, -0.2) is 52.4 Å². The average Bonchev–Trinajstić information content (AvgIpc) is 3.16. The number of ketones is 1. The van der Waals surface area contributed by atoms with Crippen LogP contribution >= 0.6 is 0 Å². The van der Waals surface area contributed by atoms with Crippen LogP contribution in [0.5, 0.6) is 0 Å². The highest BCUT2D eigenvalue weighted by atomic mass is 16.5. The molecule has 2 N–H and O–H groups in total. The Morgan fingerprint density at radius 3 is 2.41 bits per heavy atom. The molecule has 2 saturated carbocycles. The van der Waals surface area contributed by atoms with E-state index in [9.17, 15) is 24.6 Å². The quantitative estimate of drug-likeness (QED) is 0.431. The highest BCUT2D eigenvalue weighted by Crippen LogP contribution is 2.75. The Morgan fingerprint density at radius 2 is 1.82 bits per heavy atom. The molecule has 0 aliphatic heterocycles. The number of aliphatic hydroxyl groups is 2. The first-order valence-electron chi connectivity index (χ1n) is 12.3. The van der Waals surface area contributed by atoms with Crippen molar-refractivity contribution in [3.8, 4) is 0 Å². The molecule has 4 aliphatic carbocycles. The van der Waals surface area contributed by atoms with E-state index >= 15 is 0 Å². The Kier molecular flexibility index (Phi) is 5.73.